The molecule has 2 rings (SSSR count). The summed E-state index contributed by atoms with van der Waals surface area (Å²) in [5.41, 5.74) is 2.03. The number of likely N-dealkylation sites (N-methyl/N-ethyl adjacent to an activating group) is 1. The van der Waals surface area contributed by atoms with Gasteiger partial charge in [0.25, 0.3) is 0 Å². The zero-order chi connectivity index (χ0) is 14.0. The van der Waals surface area contributed by atoms with Crippen LogP contribution in [-0.2, 0) is 11.2 Å². The number of benzene rings is 1. The van der Waals surface area contributed by atoms with E-state index in [0.717, 1.165) is 6.42 Å². The van der Waals surface area contributed by atoms with Gasteiger partial charge in [-0.3, -0.25) is 0 Å². The molecular formula is C15H22N2O2. The smallest absolute Gasteiger partial charge is 0.410 e. The van der Waals surface area contributed by atoms with Crippen molar-refractivity contribution in [3.05, 3.63) is 29.8 Å². The molecule has 0 saturated carbocycles. The third-order valence-electron chi connectivity index (χ3n) is 3.04. The molecule has 1 aromatic carbocycles. The molecule has 4 heteroatoms. The van der Waals surface area contributed by atoms with Crippen molar-refractivity contribution in [1.82, 2.24) is 4.90 Å². The van der Waals surface area contributed by atoms with Crippen molar-refractivity contribution in [2.45, 2.75) is 38.8 Å². The lowest BCUT2D eigenvalue weighted by atomic mass is 10.1. The van der Waals surface area contributed by atoms with Crippen LogP contribution in [0.2, 0.25) is 0 Å². The highest BCUT2D eigenvalue weighted by molar-refractivity contribution is 5.68. The second kappa shape index (κ2) is 5.11. The number of amides is 1. The molecule has 4 nitrogen and oxygen atoms in total. The summed E-state index contributed by atoms with van der Waals surface area (Å²) < 4.78 is 5.35. The summed E-state index contributed by atoms with van der Waals surface area (Å²) in [6, 6.07) is 8.51. The average molecular weight is 262 g/mol. The number of nitrogens with zero attached hydrogens (tertiary/aromatic N) is 1. The van der Waals surface area contributed by atoms with Crippen LogP contribution in [0.25, 0.3) is 0 Å². The van der Waals surface area contributed by atoms with E-state index >= 15 is 0 Å². The highest BCUT2D eigenvalue weighted by Gasteiger charge is 2.25. The van der Waals surface area contributed by atoms with Gasteiger partial charge in [-0.1, -0.05) is 18.2 Å². The minimum absolute atomic E-state index is 0.259. The summed E-state index contributed by atoms with van der Waals surface area (Å²) >= 11 is 0. The third-order valence-corrected chi connectivity index (χ3v) is 3.04. The second-order valence-corrected chi connectivity index (χ2v) is 6.06. The molecule has 0 aromatic heterocycles. The van der Waals surface area contributed by atoms with E-state index in [0.29, 0.717) is 6.54 Å². The minimum atomic E-state index is -0.447. The molecule has 1 atom stereocenters. The standard InChI is InChI=1S/C15H22N2O2/c1-15(2,3)19-14(18)17(4)10-12-9-11-7-5-6-8-13(11)16-12/h5-8,12,16H,9-10H2,1-4H3/t12-/m0/s1. The van der Waals surface area contributed by atoms with Crippen LogP contribution in [-0.4, -0.2) is 36.2 Å². The van der Waals surface area contributed by atoms with Gasteiger partial charge >= 0.3 is 6.09 Å². The summed E-state index contributed by atoms with van der Waals surface area (Å²) in [6.45, 7) is 6.27. The van der Waals surface area contributed by atoms with Gasteiger partial charge in [-0.25, -0.2) is 4.79 Å². The Hall–Kier alpha value is -1.71. The first kappa shape index (κ1) is 13.7. The van der Waals surface area contributed by atoms with E-state index < -0.39 is 5.60 Å². The molecule has 1 aliphatic rings. The largest absolute Gasteiger partial charge is 0.444 e. The molecule has 0 spiro atoms. The Balaban J connectivity index is 1.88. The molecule has 0 radical (unpaired) electrons. The number of carbonyl (C=O) groups is 1. The van der Waals surface area contributed by atoms with Crippen LogP contribution < -0.4 is 5.32 Å². The highest BCUT2D eigenvalue weighted by Crippen LogP contribution is 2.25. The predicted octanol–water partition coefficient (Wildman–Crippen LogP) is 2.89. The van der Waals surface area contributed by atoms with Crippen molar-refractivity contribution in [2.75, 3.05) is 18.9 Å². The Kier molecular flexibility index (Phi) is 3.69. The Labute approximate surface area is 114 Å². The Morgan fingerprint density at radius 2 is 2.11 bits per heavy atom. The molecule has 1 N–H and O–H groups in total. The van der Waals surface area contributed by atoms with Gasteiger partial charge < -0.3 is 15.0 Å². The number of fused-ring (bicyclic) bond motifs is 1. The van der Waals surface area contributed by atoms with E-state index in [-0.39, 0.29) is 12.1 Å². The van der Waals surface area contributed by atoms with Crippen LogP contribution in [0.3, 0.4) is 0 Å². The minimum Gasteiger partial charge on any atom is -0.444 e. The summed E-state index contributed by atoms with van der Waals surface area (Å²) in [5, 5.41) is 3.43. The highest BCUT2D eigenvalue weighted by atomic mass is 16.6. The van der Waals surface area contributed by atoms with Gasteiger partial charge in [0.05, 0.1) is 0 Å². The molecule has 1 amide bonds. The molecule has 104 valence electrons. The van der Waals surface area contributed by atoms with Gasteiger partial charge in [-0.05, 0) is 38.8 Å². The van der Waals surface area contributed by atoms with Crippen LogP contribution in [0, 0.1) is 0 Å². The van der Waals surface area contributed by atoms with Crippen molar-refractivity contribution in [3.63, 3.8) is 0 Å². The van der Waals surface area contributed by atoms with Crippen LogP contribution in [0.4, 0.5) is 10.5 Å². The molecule has 1 heterocycles. The van der Waals surface area contributed by atoms with E-state index in [4.69, 9.17) is 4.74 Å². The van der Waals surface area contributed by atoms with Gasteiger partial charge in [0.1, 0.15) is 5.60 Å². The molecule has 1 aromatic rings. The number of nitrogens with one attached hydrogen (secondary N) is 1. The van der Waals surface area contributed by atoms with Gasteiger partial charge in [-0.2, -0.15) is 0 Å². The number of hydrogen-bond donors (Lipinski definition) is 1. The van der Waals surface area contributed by atoms with Gasteiger partial charge in [0, 0.05) is 25.3 Å². The molecular weight excluding hydrogens is 240 g/mol. The molecule has 0 unspecified atom stereocenters. The van der Waals surface area contributed by atoms with Crippen molar-refractivity contribution in [3.8, 4) is 0 Å². The van der Waals surface area contributed by atoms with Crippen LogP contribution in [0.15, 0.2) is 24.3 Å². The summed E-state index contributed by atoms with van der Waals surface area (Å²) in [6.07, 6.45) is 0.675. The summed E-state index contributed by atoms with van der Waals surface area (Å²) in [5.74, 6) is 0. The SMILES string of the molecule is CN(C[C@@H]1Cc2ccccc2N1)C(=O)OC(C)(C)C. The second-order valence-electron chi connectivity index (χ2n) is 6.06. The van der Waals surface area contributed by atoms with Gasteiger partial charge in [0.15, 0.2) is 0 Å². The summed E-state index contributed by atoms with van der Waals surface area (Å²) in [7, 11) is 1.78. The van der Waals surface area contributed by atoms with E-state index in [9.17, 15) is 4.79 Å². The van der Waals surface area contributed by atoms with E-state index in [1.54, 1.807) is 11.9 Å². The quantitative estimate of drug-likeness (QED) is 0.891. The van der Waals surface area contributed by atoms with E-state index in [1.165, 1.54) is 11.3 Å². The average Bonchev–Trinajstić information content (AvgIpc) is 2.68. The number of carbonyl (C=O) groups excluding carboxylic acids is 1. The fourth-order valence-electron chi connectivity index (χ4n) is 2.23. The first-order valence-electron chi connectivity index (χ1n) is 6.64. The normalized spacial score (nSPS) is 17.6. The lowest BCUT2D eigenvalue weighted by Crippen LogP contribution is -2.40. The zero-order valence-electron chi connectivity index (χ0n) is 12.1. The third kappa shape index (κ3) is 3.63. The number of rotatable bonds is 2. The van der Waals surface area contributed by atoms with E-state index in [2.05, 4.69) is 17.4 Å². The van der Waals surface area contributed by atoms with Crippen LogP contribution in [0.1, 0.15) is 26.3 Å². The molecule has 0 fully saturated rings. The Morgan fingerprint density at radius 3 is 2.74 bits per heavy atom. The van der Waals surface area contributed by atoms with Crippen molar-refractivity contribution in [1.29, 1.82) is 0 Å². The Bertz CT molecular complexity index is 440. The Morgan fingerprint density at radius 1 is 1.42 bits per heavy atom. The molecule has 1 aliphatic heterocycles. The molecule has 0 bridgehead atoms. The van der Waals surface area contributed by atoms with Crippen LogP contribution in [0.5, 0.6) is 0 Å². The van der Waals surface area contributed by atoms with Gasteiger partial charge in [-0.15, -0.1) is 0 Å². The molecule has 0 aliphatic carbocycles. The zero-order valence-corrected chi connectivity index (χ0v) is 12.1. The topological polar surface area (TPSA) is 41.6 Å². The fourth-order valence-corrected chi connectivity index (χ4v) is 2.23. The maximum atomic E-state index is 11.9. The lowest BCUT2D eigenvalue weighted by Gasteiger charge is -2.26. The van der Waals surface area contributed by atoms with E-state index in [1.807, 2.05) is 32.9 Å². The number of anilines is 1. The van der Waals surface area contributed by atoms with Gasteiger partial charge in [0.2, 0.25) is 0 Å². The maximum absolute atomic E-state index is 11.9. The maximum Gasteiger partial charge on any atom is 0.410 e. The fraction of sp³-hybridized carbons (Fsp3) is 0.533. The lowest BCUT2D eigenvalue weighted by molar-refractivity contribution is 0.0293. The molecule has 0 saturated heterocycles. The molecule has 19 heavy (non-hydrogen) atoms. The number of ether oxygens (including phenoxy) is 1. The monoisotopic (exact) mass is 262 g/mol. The predicted molar refractivity (Wildman–Crippen MR) is 76.4 cm³/mol. The number of hydrogen-bond acceptors (Lipinski definition) is 3. The number of para-hydroxylation sites is 1. The van der Waals surface area contributed by atoms with Crippen LogP contribution >= 0.6 is 0 Å². The first-order valence-corrected chi connectivity index (χ1v) is 6.64. The first-order chi connectivity index (χ1) is 8.85. The summed E-state index contributed by atoms with van der Waals surface area (Å²) in [4.78, 5) is 13.5. The van der Waals surface area contributed by atoms with Crippen molar-refractivity contribution < 1.29 is 9.53 Å². The van der Waals surface area contributed by atoms with Crippen molar-refractivity contribution in [2.24, 2.45) is 0 Å². The van der Waals surface area contributed by atoms with Crippen molar-refractivity contribution >= 4 is 11.8 Å².